The van der Waals surface area contributed by atoms with Gasteiger partial charge in [-0.25, -0.2) is 0 Å². The first-order chi connectivity index (χ1) is 16.8. The Kier molecular flexibility index (Phi) is 16.2. The molecule has 0 atom stereocenters. The highest BCUT2D eigenvalue weighted by atomic mass is 14.7. The van der Waals surface area contributed by atoms with E-state index in [9.17, 15) is 0 Å². The number of hydrogen-bond acceptors (Lipinski definition) is 1. The molecular weight excluding hydrogens is 410 g/mol. The predicted octanol–water partition coefficient (Wildman–Crippen LogP) is 10.8. The fourth-order valence-electron chi connectivity index (χ4n) is 4.57. The first-order valence-electron chi connectivity index (χ1n) is 14.5. The topological polar surface area (TPSA) is 12.4 Å². The Labute approximate surface area is 211 Å². The summed E-state index contributed by atoms with van der Waals surface area (Å²) >= 11 is 0. The van der Waals surface area contributed by atoms with Crippen LogP contribution in [0, 0.1) is 0 Å². The van der Waals surface area contributed by atoms with Crippen molar-refractivity contribution in [3.63, 3.8) is 0 Å². The average molecular weight is 462 g/mol. The van der Waals surface area contributed by atoms with Gasteiger partial charge in [0, 0.05) is 6.21 Å². The molecule has 0 heterocycles. The summed E-state index contributed by atoms with van der Waals surface area (Å²) in [5.41, 5.74) is 5.08. The van der Waals surface area contributed by atoms with Gasteiger partial charge in [0.15, 0.2) is 0 Å². The van der Waals surface area contributed by atoms with Crippen molar-refractivity contribution in [1.29, 1.82) is 0 Å². The van der Waals surface area contributed by atoms with Gasteiger partial charge in [-0.3, -0.25) is 4.99 Å². The summed E-state index contributed by atoms with van der Waals surface area (Å²) in [5.74, 6) is 0. The lowest BCUT2D eigenvalue weighted by Gasteiger charge is -2.04. The highest BCUT2D eigenvalue weighted by Gasteiger charge is 1.97. The molecule has 1 nitrogen and oxygen atoms in total. The summed E-state index contributed by atoms with van der Waals surface area (Å²) in [6.07, 6.45) is 26.7. The van der Waals surface area contributed by atoms with E-state index in [2.05, 4.69) is 67.4 Å². The van der Waals surface area contributed by atoms with Gasteiger partial charge in [-0.15, -0.1) is 0 Å². The van der Waals surface area contributed by atoms with E-state index >= 15 is 0 Å². The largest absolute Gasteiger partial charge is 0.256 e. The number of nitrogens with zero attached hydrogens (tertiary/aromatic N) is 1. The normalized spacial score (nSPS) is 11.5. The summed E-state index contributed by atoms with van der Waals surface area (Å²) in [7, 11) is 0. The van der Waals surface area contributed by atoms with E-state index in [4.69, 9.17) is 0 Å². The molecule has 0 spiro atoms. The molecule has 0 amide bonds. The smallest absolute Gasteiger partial charge is 0.0630 e. The molecule has 2 rings (SSSR count). The molecule has 0 saturated heterocycles. The van der Waals surface area contributed by atoms with Gasteiger partial charge in [-0.05, 0) is 54.5 Å². The van der Waals surface area contributed by atoms with Crippen LogP contribution in [0.4, 0.5) is 5.69 Å². The van der Waals surface area contributed by atoms with Crippen LogP contribution < -0.4 is 0 Å². The molecule has 0 aromatic heterocycles. The van der Waals surface area contributed by atoms with E-state index in [1.807, 2.05) is 6.21 Å². The average Bonchev–Trinajstić information content (AvgIpc) is 2.87. The van der Waals surface area contributed by atoms with Crippen LogP contribution in [0.2, 0.25) is 0 Å². The van der Waals surface area contributed by atoms with Crippen LogP contribution in [0.3, 0.4) is 0 Å². The second-order valence-electron chi connectivity index (χ2n) is 10.1. The zero-order chi connectivity index (χ0) is 24.1. The number of benzene rings is 2. The molecule has 0 aliphatic heterocycles. The van der Waals surface area contributed by atoms with Crippen LogP contribution in [-0.4, -0.2) is 6.21 Å². The minimum Gasteiger partial charge on any atom is -0.256 e. The molecule has 0 bridgehead atoms. The Morgan fingerprint density at radius 3 is 1.38 bits per heavy atom. The van der Waals surface area contributed by atoms with Gasteiger partial charge in [-0.2, -0.15) is 0 Å². The first-order valence-corrected chi connectivity index (χ1v) is 14.5. The molecule has 34 heavy (non-hydrogen) atoms. The Morgan fingerprint density at radius 2 is 0.882 bits per heavy atom. The van der Waals surface area contributed by atoms with Crippen molar-refractivity contribution in [2.75, 3.05) is 0 Å². The van der Waals surface area contributed by atoms with E-state index in [0.717, 1.165) is 5.69 Å². The van der Waals surface area contributed by atoms with Crippen molar-refractivity contribution in [3.05, 3.63) is 65.2 Å². The van der Waals surface area contributed by atoms with Crippen LogP contribution in [-0.2, 0) is 12.8 Å². The van der Waals surface area contributed by atoms with E-state index in [1.54, 1.807) is 0 Å². The molecule has 0 unspecified atom stereocenters. The highest BCUT2D eigenvalue weighted by Crippen LogP contribution is 2.17. The van der Waals surface area contributed by atoms with Crippen molar-refractivity contribution in [2.24, 2.45) is 4.99 Å². The van der Waals surface area contributed by atoms with Crippen LogP contribution in [0.25, 0.3) is 0 Å². The molecule has 0 aliphatic carbocycles. The molecule has 0 N–H and O–H groups in total. The van der Waals surface area contributed by atoms with E-state index in [1.165, 1.54) is 132 Å². The van der Waals surface area contributed by atoms with Gasteiger partial charge in [0.2, 0.25) is 0 Å². The highest BCUT2D eigenvalue weighted by molar-refractivity contribution is 5.81. The third-order valence-corrected chi connectivity index (χ3v) is 6.92. The van der Waals surface area contributed by atoms with Crippen molar-refractivity contribution >= 4 is 11.9 Å². The maximum absolute atomic E-state index is 4.66. The van der Waals surface area contributed by atoms with Crippen LogP contribution >= 0.6 is 0 Å². The standard InChI is InChI=1S/C33H51N/c1-3-5-7-8-9-10-11-12-13-14-15-16-17-18-20-31-25-27-33(28-26-31)34-29-32-23-21-30(22-24-32)19-6-4-2/h21-29H,3-20H2,1-2H3. The van der Waals surface area contributed by atoms with Crippen molar-refractivity contribution in [3.8, 4) is 0 Å². The monoisotopic (exact) mass is 461 g/mol. The summed E-state index contributed by atoms with van der Waals surface area (Å²) < 4.78 is 0. The molecule has 188 valence electrons. The SMILES string of the molecule is CCCCCCCCCCCCCCCCc1ccc(N=Cc2ccc(CCCC)cc2)cc1. The molecule has 2 aromatic rings. The van der Waals surface area contributed by atoms with Gasteiger partial charge in [-0.1, -0.05) is 140 Å². The number of aryl methyl sites for hydroxylation is 2. The summed E-state index contributed by atoms with van der Waals surface area (Å²) in [5, 5.41) is 0. The zero-order valence-electron chi connectivity index (χ0n) is 22.4. The van der Waals surface area contributed by atoms with E-state index in [-0.39, 0.29) is 0 Å². The van der Waals surface area contributed by atoms with Crippen molar-refractivity contribution in [2.45, 2.75) is 129 Å². The summed E-state index contributed by atoms with van der Waals surface area (Å²) in [4.78, 5) is 4.66. The minimum absolute atomic E-state index is 1.04. The fourth-order valence-corrected chi connectivity index (χ4v) is 4.57. The third-order valence-electron chi connectivity index (χ3n) is 6.92. The number of aliphatic imine (C=N–C) groups is 1. The number of hydrogen-bond donors (Lipinski definition) is 0. The number of unbranched alkanes of at least 4 members (excludes halogenated alkanes) is 14. The first kappa shape index (κ1) is 28.3. The summed E-state index contributed by atoms with van der Waals surface area (Å²) in [6.45, 7) is 4.54. The molecule has 0 fully saturated rings. The summed E-state index contributed by atoms with van der Waals surface area (Å²) in [6, 6.07) is 17.6. The van der Waals surface area contributed by atoms with Gasteiger partial charge in [0.05, 0.1) is 5.69 Å². The Morgan fingerprint density at radius 1 is 0.471 bits per heavy atom. The second-order valence-corrected chi connectivity index (χ2v) is 10.1. The molecule has 0 saturated carbocycles. The fraction of sp³-hybridized carbons (Fsp3) is 0.606. The van der Waals surface area contributed by atoms with Gasteiger partial charge in [0.1, 0.15) is 0 Å². The van der Waals surface area contributed by atoms with Crippen molar-refractivity contribution < 1.29 is 0 Å². The van der Waals surface area contributed by atoms with Crippen LogP contribution in [0.5, 0.6) is 0 Å². The van der Waals surface area contributed by atoms with Gasteiger partial charge >= 0.3 is 0 Å². The lowest BCUT2D eigenvalue weighted by Crippen LogP contribution is -1.87. The van der Waals surface area contributed by atoms with Crippen molar-refractivity contribution in [1.82, 2.24) is 0 Å². The third kappa shape index (κ3) is 13.7. The van der Waals surface area contributed by atoms with Crippen LogP contribution in [0.15, 0.2) is 53.5 Å². The number of rotatable bonds is 20. The zero-order valence-corrected chi connectivity index (χ0v) is 22.4. The van der Waals surface area contributed by atoms with Crippen LogP contribution in [0.1, 0.15) is 133 Å². The molecule has 1 heteroatoms. The maximum Gasteiger partial charge on any atom is 0.0630 e. The molecule has 0 aliphatic rings. The lowest BCUT2D eigenvalue weighted by atomic mass is 10.0. The molecule has 2 aromatic carbocycles. The predicted molar refractivity (Wildman–Crippen MR) is 153 cm³/mol. The maximum atomic E-state index is 4.66. The Bertz CT molecular complexity index is 741. The molecule has 0 radical (unpaired) electrons. The minimum atomic E-state index is 1.04. The Hall–Kier alpha value is -1.89. The molecular formula is C33H51N. The van der Waals surface area contributed by atoms with E-state index in [0.29, 0.717) is 0 Å². The quantitative estimate of drug-likeness (QED) is 0.137. The lowest BCUT2D eigenvalue weighted by molar-refractivity contribution is 0.535. The second kappa shape index (κ2) is 19.4. The van der Waals surface area contributed by atoms with Gasteiger partial charge < -0.3 is 0 Å². The van der Waals surface area contributed by atoms with E-state index < -0.39 is 0 Å². The Balaban J connectivity index is 1.49. The van der Waals surface area contributed by atoms with Gasteiger partial charge in [0.25, 0.3) is 0 Å².